The summed E-state index contributed by atoms with van der Waals surface area (Å²) in [5.74, 6) is 0. The van der Waals surface area contributed by atoms with Crippen molar-refractivity contribution in [3.05, 3.63) is 198 Å². The van der Waals surface area contributed by atoms with Crippen molar-refractivity contribution in [3.8, 4) is 33.4 Å². The topological polar surface area (TPSA) is 0 Å². The van der Waals surface area contributed by atoms with E-state index in [1.165, 1.54) is 104 Å². The molecule has 0 saturated carbocycles. The number of hydrogen-bond acceptors (Lipinski definition) is 0. The summed E-state index contributed by atoms with van der Waals surface area (Å²) in [5, 5.41) is 7.73. The fraction of sp³-hybridized carbons (Fsp3) is 0.0566. The molecule has 0 fully saturated rings. The van der Waals surface area contributed by atoms with Crippen LogP contribution in [0.15, 0.2) is 176 Å². The zero-order valence-corrected chi connectivity index (χ0v) is 30.5. The van der Waals surface area contributed by atoms with Gasteiger partial charge in [0.25, 0.3) is 0 Å². The lowest BCUT2D eigenvalue weighted by molar-refractivity contribution is 0.661. The Morgan fingerprint density at radius 3 is 1.48 bits per heavy atom. The van der Waals surface area contributed by atoms with Crippen molar-refractivity contribution >= 4 is 67.6 Å². The minimum Gasteiger partial charge on any atom is -0.0686 e. The Labute approximate surface area is 317 Å². The molecule has 9 aromatic carbocycles. The van der Waals surface area contributed by atoms with E-state index in [0.29, 0.717) is 0 Å². The minimum atomic E-state index is -0.0981. The van der Waals surface area contributed by atoms with E-state index < -0.39 is 0 Å². The van der Waals surface area contributed by atoms with Crippen LogP contribution in [0.2, 0.25) is 0 Å². The maximum atomic E-state index is 2.52. The van der Waals surface area contributed by atoms with Crippen LogP contribution >= 0.6 is 0 Å². The molecule has 0 saturated heterocycles. The first kappa shape index (κ1) is 31.1. The summed E-state index contributed by atoms with van der Waals surface area (Å²) in [7, 11) is 0. The van der Waals surface area contributed by atoms with Crippen molar-refractivity contribution in [2.24, 2.45) is 0 Å². The third-order valence-electron chi connectivity index (χ3n) is 12.4. The molecule has 11 rings (SSSR count). The van der Waals surface area contributed by atoms with Crippen molar-refractivity contribution in [1.29, 1.82) is 0 Å². The Morgan fingerprint density at radius 1 is 0.389 bits per heavy atom. The second-order valence-electron chi connectivity index (χ2n) is 15.6. The molecule has 1 aliphatic heterocycles. The molecule has 2 aliphatic rings. The average Bonchev–Trinajstić information content (AvgIpc) is 3.68. The van der Waals surface area contributed by atoms with E-state index in [4.69, 9.17) is 0 Å². The first-order valence-corrected chi connectivity index (χ1v) is 19.1. The van der Waals surface area contributed by atoms with E-state index in [1.54, 1.807) is 0 Å². The molecule has 252 valence electrons. The van der Waals surface area contributed by atoms with Crippen molar-refractivity contribution in [2.75, 3.05) is 0 Å². The summed E-state index contributed by atoms with van der Waals surface area (Å²) in [4.78, 5) is 0. The highest BCUT2D eigenvalue weighted by Crippen LogP contribution is 2.54. The fourth-order valence-electron chi connectivity index (χ4n) is 9.88. The lowest BCUT2D eigenvalue weighted by Crippen LogP contribution is -2.48. The Balaban J connectivity index is 1.06. The molecular weight excluding hydrogens is 647 g/mol. The van der Waals surface area contributed by atoms with Gasteiger partial charge in [-0.25, -0.2) is 0 Å². The van der Waals surface area contributed by atoms with Crippen molar-refractivity contribution < 1.29 is 0 Å². The number of rotatable bonds is 4. The first-order valence-electron chi connectivity index (χ1n) is 19.1. The smallest absolute Gasteiger partial charge is 0.0686 e. The van der Waals surface area contributed by atoms with E-state index in [1.807, 2.05) is 0 Å². The van der Waals surface area contributed by atoms with E-state index in [9.17, 15) is 0 Å². The van der Waals surface area contributed by atoms with Crippen molar-refractivity contribution in [1.82, 2.24) is 0 Å². The highest BCUT2D eigenvalue weighted by atomic mass is 14.4. The molecule has 1 heteroatoms. The molecule has 1 heterocycles. The molecule has 0 bridgehead atoms. The lowest BCUT2D eigenvalue weighted by atomic mass is 9.39. The molecule has 0 atom stereocenters. The van der Waals surface area contributed by atoms with Crippen LogP contribution in [-0.4, -0.2) is 6.71 Å². The summed E-state index contributed by atoms with van der Waals surface area (Å²) in [6, 6.07) is 65.5. The Kier molecular flexibility index (Phi) is 6.79. The van der Waals surface area contributed by atoms with E-state index >= 15 is 0 Å². The number of benzene rings is 9. The highest BCUT2D eigenvalue weighted by molar-refractivity contribution is 6.99. The quantitative estimate of drug-likeness (QED) is 0.0983. The zero-order valence-electron chi connectivity index (χ0n) is 30.5. The van der Waals surface area contributed by atoms with Gasteiger partial charge in [-0.1, -0.05) is 212 Å². The van der Waals surface area contributed by atoms with Gasteiger partial charge < -0.3 is 0 Å². The molecule has 54 heavy (non-hydrogen) atoms. The first-order chi connectivity index (χ1) is 26.6. The van der Waals surface area contributed by atoms with E-state index in [-0.39, 0.29) is 12.1 Å². The molecule has 0 radical (unpaired) electrons. The second kappa shape index (κ2) is 11.8. The maximum Gasteiger partial charge on any atom is 0.242 e. The van der Waals surface area contributed by atoms with Crippen LogP contribution in [-0.2, 0) is 5.41 Å². The Bertz CT molecular complexity index is 2910. The predicted molar refractivity (Wildman–Crippen MR) is 234 cm³/mol. The maximum absolute atomic E-state index is 2.52. The minimum absolute atomic E-state index is 0.0981. The molecule has 0 amide bonds. The SMILES string of the molecule is CC1(C)c2ccccc2-c2c1cc(-c1c3ccccc3c(/C=C/c3ccc(B4c5ccccc5-c5ccccc54)cc3)c3ccccc13)c1ccccc21. The molecule has 0 N–H and O–H groups in total. The van der Waals surface area contributed by atoms with Gasteiger partial charge in [0.15, 0.2) is 0 Å². The largest absolute Gasteiger partial charge is 0.242 e. The molecule has 0 unspecified atom stereocenters. The Hall–Kier alpha value is -6.44. The summed E-state index contributed by atoms with van der Waals surface area (Å²) < 4.78 is 0. The van der Waals surface area contributed by atoms with Crippen LogP contribution in [0, 0.1) is 0 Å². The van der Waals surface area contributed by atoms with Crippen LogP contribution in [0.5, 0.6) is 0 Å². The van der Waals surface area contributed by atoms with Crippen molar-refractivity contribution in [2.45, 2.75) is 19.3 Å². The van der Waals surface area contributed by atoms with Gasteiger partial charge in [0.1, 0.15) is 0 Å². The molecule has 0 nitrogen and oxygen atoms in total. The van der Waals surface area contributed by atoms with Gasteiger partial charge in [0.2, 0.25) is 6.71 Å². The summed E-state index contributed by atoms with van der Waals surface area (Å²) in [5.41, 5.74) is 17.3. The third kappa shape index (κ3) is 4.45. The zero-order chi connectivity index (χ0) is 36.0. The Morgan fingerprint density at radius 2 is 0.870 bits per heavy atom. The molecule has 1 aliphatic carbocycles. The van der Waals surface area contributed by atoms with Gasteiger partial charge in [0, 0.05) is 5.41 Å². The van der Waals surface area contributed by atoms with Crippen LogP contribution in [0.3, 0.4) is 0 Å². The van der Waals surface area contributed by atoms with Crippen LogP contribution in [0.1, 0.15) is 36.1 Å². The highest BCUT2D eigenvalue weighted by Gasteiger charge is 2.37. The van der Waals surface area contributed by atoms with Crippen LogP contribution in [0.25, 0.3) is 77.9 Å². The second-order valence-corrected chi connectivity index (χ2v) is 15.6. The van der Waals surface area contributed by atoms with E-state index in [0.717, 1.165) is 0 Å². The summed E-state index contributed by atoms with van der Waals surface area (Å²) in [6.07, 6.45) is 4.63. The third-order valence-corrected chi connectivity index (χ3v) is 12.4. The number of fused-ring (bicyclic) bond motifs is 10. The van der Waals surface area contributed by atoms with Gasteiger partial charge in [-0.05, 0) is 94.0 Å². The van der Waals surface area contributed by atoms with Crippen LogP contribution < -0.4 is 16.4 Å². The van der Waals surface area contributed by atoms with Gasteiger partial charge in [-0.15, -0.1) is 0 Å². The van der Waals surface area contributed by atoms with Gasteiger partial charge in [-0.3, -0.25) is 0 Å². The normalized spacial score (nSPS) is 13.8. The van der Waals surface area contributed by atoms with E-state index in [2.05, 4.69) is 202 Å². The summed E-state index contributed by atoms with van der Waals surface area (Å²) in [6.45, 7) is 5.03. The molecule has 9 aromatic rings. The van der Waals surface area contributed by atoms with Gasteiger partial charge in [0.05, 0.1) is 0 Å². The standard InChI is InChI=1S/C53H37B/c1-53(2)47-24-12-9-23-45(47)52-44-22-8-5-17-38(44)46(33-48(52)53)51-42-20-6-3-15-36(42)39(37-16-4-7-21-43(37)51)32-29-34-27-30-35(31-28-34)54-49-25-13-10-18-40(49)41-19-11-14-26-50(41)54/h3-33H,1-2H3/b32-29+. The predicted octanol–water partition coefficient (Wildman–Crippen LogP) is 11.8. The fourth-order valence-corrected chi connectivity index (χ4v) is 9.88. The molecular formula is C53H37B. The van der Waals surface area contributed by atoms with Crippen molar-refractivity contribution in [3.63, 3.8) is 0 Å². The van der Waals surface area contributed by atoms with Crippen LogP contribution in [0.4, 0.5) is 0 Å². The molecule has 0 spiro atoms. The lowest BCUT2D eigenvalue weighted by Gasteiger charge is -2.24. The van der Waals surface area contributed by atoms with Gasteiger partial charge in [-0.2, -0.15) is 0 Å². The molecule has 0 aromatic heterocycles. The monoisotopic (exact) mass is 684 g/mol. The summed E-state index contributed by atoms with van der Waals surface area (Å²) >= 11 is 0. The average molecular weight is 685 g/mol. The number of hydrogen-bond donors (Lipinski definition) is 0. The van der Waals surface area contributed by atoms with Gasteiger partial charge >= 0.3 is 0 Å².